The molecule has 100 valence electrons. The Morgan fingerprint density at radius 1 is 1.41 bits per heavy atom. The van der Waals surface area contributed by atoms with E-state index in [1.54, 1.807) is 0 Å². The van der Waals surface area contributed by atoms with Crippen molar-refractivity contribution in [2.75, 3.05) is 13.1 Å². The van der Waals surface area contributed by atoms with Crippen LogP contribution in [0.25, 0.3) is 0 Å². The summed E-state index contributed by atoms with van der Waals surface area (Å²) in [6.07, 6.45) is 7.22. The Labute approximate surface area is 106 Å². The van der Waals surface area contributed by atoms with Crippen LogP contribution in [0.15, 0.2) is 0 Å². The van der Waals surface area contributed by atoms with Gasteiger partial charge in [0, 0.05) is 11.5 Å². The van der Waals surface area contributed by atoms with Crippen LogP contribution in [0, 0.1) is 5.41 Å². The van der Waals surface area contributed by atoms with Gasteiger partial charge in [0.15, 0.2) is 0 Å². The fourth-order valence-corrected chi connectivity index (χ4v) is 2.64. The molecule has 3 heteroatoms. The Balaban J connectivity index is 2.55. The molecule has 0 spiro atoms. The second kappa shape index (κ2) is 6.39. The highest BCUT2D eigenvalue weighted by Crippen LogP contribution is 2.29. The van der Waals surface area contributed by atoms with Crippen molar-refractivity contribution in [1.29, 1.82) is 0 Å². The summed E-state index contributed by atoms with van der Waals surface area (Å²) in [5, 5.41) is 0. The highest BCUT2D eigenvalue weighted by Gasteiger charge is 2.32. The summed E-state index contributed by atoms with van der Waals surface area (Å²) in [4.78, 5) is 14.0. The molecule has 0 aliphatic carbocycles. The fourth-order valence-electron chi connectivity index (χ4n) is 2.64. The Hall–Kier alpha value is -0.570. The summed E-state index contributed by atoms with van der Waals surface area (Å²) in [6.45, 7) is 8.55. The molecule has 0 saturated carbocycles. The van der Waals surface area contributed by atoms with Crippen molar-refractivity contribution in [2.24, 2.45) is 11.1 Å². The van der Waals surface area contributed by atoms with Gasteiger partial charge in [-0.25, -0.2) is 0 Å². The lowest BCUT2D eigenvalue weighted by Crippen LogP contribution is -2.45. The predicted molar refractivity (Wildman–Crippen MR) is 71.7 cm³/mol. The highest BCUT2D eigenvalue weighted by molar-refractivity contribution is 5.79. The number of nitrogens with zero attached hydrogens (tertiary/aromatic N) is 1. The maximum atomic E-state index is 11.4. The maximum Gasteiger partial charge on any atom is 0.223 e. The molecule has 1 amide bonds. The molecule has 1 heterocycles. The molecule has 1 aliphatic heterocycles. The van der Waals surface area contributed by atoms with Crippen molar-refractivity contribution < 1.29 is 4.79 Å². The van der Waals surface area contributed by atoms with Crippen LogP contribution in [0.3, 0.4) is 0 Å². The highest BCUT2D eigenvalue weighted by atomic mass is 16.1. The number of rotatable bonds is 6. The first-order valence-corrected chi connectivity index (χ1v) is 7.01. The number of nitrogens with two attached hydrogens (primary N) is 1. The molecule has 1 saturated heterocycles. The molecule has 0 aromatic heterocycles. The second-order valence-corrected chi connectivity index (χ2v) is 5.99. The van der Waals surface area contributed by atoms with Crippen molar-refractivity contribution >= 4 is 5.91 Å². The molecular formula is C14H28N2O. The van der Waals surface area contributed by atoms with E-state index >= 15 is 0 Å². The van der Waals surface area contributed by atoms with Gasteiger partial charge >= 0.3 is 0 Å². The van der Waals surface area contributed by atoms with Gasteiger partial charge in [-0.05, 0) is 38.8 Å². The number of carbonyl (C=O) groups excluding carboxylic acids is 1. The van der Waals surface area contributed by atoms with Gasteiger partial charge in [-0.15, -0.1) is 0 Å². The first-order chi connectivity index (χ1) is 7.97. The minimum atomic E-state index is -0.369. The number of unbranched alkanes of at least 4 members (excludes halogenated alkanes) is 1. The Bertz CT molecular complexity index is 251. The zero-order chi connectivity index (χ0) is 12.9. The third kappa shape index (κ3) is 4.30. The van der Waals surface area contributed by atoms with Crippen LogP contribution in [0.4, 0.5) is 0 Å². The molecule has 0 radical (unpaired) electrons. The molecule has 3 nitrogen and oxygen atoms in total. The monoisotopic (exact) mass is 240 g/mol. The first kappa shape index (κ1) is 14.5. The van der Waals surface area contributed by atoms with Gasteiger partial charge < -0.3 is 10.6 Å². The van der Waals surface area contributed by atoms with Crippen LogP contribution in [0.5, 0.6) is 0 Å². The Kier molecular flexibility index (Phi) is 5.44. The van der Waals surface area contributed by atoms with E-state index in [-0.39, 0.29) is 11.3 Å². The van der Waals surface area contributed by atoms with Crippen molar-refractivity contribution in [3.05, 3.63) is 0 Å². The largest absolute Gasteiger partial charge is 0.369 e. The van der Waals surface area contributed by atoms with Crippen LogP contribution >= 0.6 is 0 Å². The molecule has 1 unspecified atom stereocenters. The summed E-state index contributed by atoms with van der Waals surface area (Å²) in [7, 11) is 0. The van der Waals surface area contributed by atoms with Gasteiger partial charge in [0.1, 0.15) is 0 Å². The van der Waals surface area contributed by atoms with Crippen LogP contribution in [-0.2, 0) is 4.79 Å². The molecule has 2 N–H and O–H groups in total. The number of hydrogen-bond donors (Lipinski definition) is 1. The van der Waals surface area contributed by atoms with Gasteiger partial charge in [0.05, 0.1) is 0 Å². The third-order valence-corrected chi connectivity index (χ3v) is 3.96. The summed E-state index contributed by atoms with van der Waals surface area (Å²) in [5.41, 5.74) is 5.11. The number of amides is 1. The lowest BCUT2D eigenvalue weighted by molar-refractivity contribution is -0.127. The molecule has 1 atom stereocenters. The molecule has 0 aromatic rings. The fraction of sp³-hybridized carbons (Fsp3) is 0.929. The molecule has 0 aromatic carbocycles. The normalized spacial score (nSPS) is 22.6. The summed E-state index contributed by atoms with van der Waals surface area (Å²) >= 11 is 0. The molecular weight excluding hydrogens is 212 g/mol. The topological polar surface area (TPSA) is 46.3 Å². The number of primary amides is 1. The minimum absolute atomic E-state index is 0.168. The zero-order valence-corrected chi connectivity index (χ0v) is 11.7. The number of piperidine rings is 1. The lowest BCUT2D eigenvalue weighted by atomic mass is 9.82. The summed E-state index contributed by atoms with van der Waals surface area (Å²) in [6, 6.07) is 0.554. The smallest absolute Gasteiger partial charge is 0.223 e. The average Bonchev–Trinajstić information content (AvgIpc) is 2.27. The van der Waals surface area contributed by atoms with E-state index in [1.807, 2.05) is 13.8 Å². The standard InChI is InChI=1S/C14H28N2O/c1-4-5-9-16-10-7-6-8-12(16)11-14(2,3)13(15)17/h12H,4-11H2,1-3H3,(H2,15,17). The van der Waals surface area contributed by atoms with Crippen molar-refractivity contribution in [3.63, 3.8) is 0 Å². The van der Waals surface area contributed by atoms with E-state index in [1.165, 1.54) is 45.2 Å². The Morgan fingerprint density at radius 2 is 2.12 bits per heavy atom. The van der Waals surface area contributed by atoms with Crippen LogP contribution in [-0.4, -0.2) is 29.9 Å². The molecule has 1 aliphatic rings. The van der Waals surface area contributed by atoms with Gasteiger partial charge in [-0.2, -0.15) is 0 Å². The van der Waals surface area contributed by atoms with Gasteiger partial charge in [0.2, 0.25) is 5.91 Å². The maximum absolute atomic E-state index is 11.4. The average molecular weight is 240 g/mol. The van der Waals surface area contributed by atoms with Crippen LogP contribution in [0.1, 0.15) is 59.3 Å². The lowest BCUT2D eigenvalue weighted by Gasteiger charge is -2.39. The third-order valence-electron chi connectivity index (χ3n) is 3.96. The van der Waals surface area contributed by atoms with Gasteiger partial charge in [0.25, 0.3) is 0 Å². The van der Waals surface area contributed by atoms with Crippen LogP contribution in [0.2, 0.25) is 0 Å². The number of hydrogen-bond acceptors (Lipinski definition) is 2. The van der Waals surface area contributed by atoms with Crippen molar-refractivity contribution in [2.45, 2.75) is 65.3 Å². The van der Waals surface area contributed by atoms with E-state index in [4.69, 9.17) is 5.73 Å². The van der Waals surface area contributed by atoms with E-state index in [0.717, 1.165) is 6.42 Å². The molecule has 0 bridgehead atoms. The van der Waals surface area contributed by atoms with E-state index < -0.39 is 0 Å². The quantitative estimate of drug-likeness (QED) is 0.775. The summed E-state index contributed by atoms with van der Waals surface area (Å²) < 4.78 is 0. The number of likely N-dealkylation sites (tertiary alicyclic amines) is 1. The van der Waals surface area contributed by atoms with E-state index in [0.29, 0.717) is 6.04 Å². The van der Waals surface area contributed by atoms with Gasteiger partial charge in [-0.1, -0.05) is 33.6 Å². The number of carbonyl (C=O) groups is 1. The van der Waals surface area contributed by atoms with E-state index in [2.05, 4.69) is 11.8 Å². The van der Waals surface area contributed by atoms with Crippen molar-refractivity contribution in [1.82, 2.24) is 4.90 Å². The zero-order valence-electron chi connectivity index (χ0n) is 11.7. The SMILES string of the molecule is CCCCN1CCCCC1CC(C)(C)C(N)=O. The van der Waals surface area contributed by atoms with E-state index in [9.17, 15) is 4.79 Å². The molecule has 1 rings (SSSR count). The van der Waals surface area contributed by atoms with Crippen LogP contribution < -0.4 is 5.73 Å². The minimum Gasteiger partial charge on any atom is -0.369 e. The van der Waals surface area contributed by atoms with Crippen molar-refractivity contribution in [3.8, 4) is 0 Å². The first-order valence-electron chi connectivity index (χ1n) is 7.01. The predicted octanol–water partition coefficient (Wildman–Crippen LogP) is 2.54. The second-order valence-electron chi connectivity index (χ2n) is 5.99. The van der Waals surface area contributed by atoms with Gasteiger partial charge in [-0.3, -0.25) is 4.79 Å². The molecule has 17 heavy (non-hydrogen) atoms. The summed E-state index contributed by atoms with van der Waals surface area (Å²) in [5.74, 6) is -0.168. The Morgan fingerprint density at radius 3 is 2.71 bits per heavy atom. The molecule has 1 fully saturated rings.